The fourth-order valence-corrected chi connectivity index (χ4v) is 2.14. The van der Waals surface area contributed by atoms with Gasteiger partial charge in [-0.3, -0.25) is 14.8 Å². The van der Waals surface area contributed by atoms with Crippen LogP contribution in [-0.4, -0.2) is 22.9 Å². The van der Waals surface area contributed by atoms with E-state index in [-0.39, 0.29) is 5.91 Å². The van der Waals surface area contributed by atoms with Gasteiger partial charge in [0.1, 0.15) is 0 Å². The lowest BCUT2D eigenvalue weighted by Crippen LogP contribution is -2.13. The van der Waals surface area contributed by atoms with Crippen LogP contribution in [0.4, 0.5) is 11.4 Å². The van der Waals surface area contributed by atoms with Crippen molar-refractivity contribution in [3.63, 3.8) is 0 Å². The van der Waals surface area contributed by atoms with Gasteiger partial charge >= 0.3 is 0 Å². The van der Waals surface area contributed by atoms with E-state index in [2.05, 4.69) is 20.6 Å². The lowest BCUT2D eigenvalue weighted by atomic mass is 10.1. The smallest absolute Gasteiger partial charge is 0.257 e. The first-order chi connectivity index (χ1) is 10.3. The van der Waals surface area contributed by atoms with E-state index in [1.165, 1.54) is 0 Å². The first-order valence-electron chi connectivity index (χ1n) is 6.57. The Morgan fingerprint density at radius 3 is 2.57 bits per heavy atom. The summed E-state index contributed by atoms with van der Waals surface area (Å²) in [6, 6.07) is 12.8. The zero-order valence-corrected chi connectivity index (χ0v) is 11.5. The molecule has 0 unspecified atom stereocenters. The van der Waals surface area contributed by atoms with Crippen molar-refractivity contribution in [1.29, 1.82) is 0 Å². The summed E-state index contributed by atoms with van der Waals surface area (Å²) in [6.07, 6.45) is 3.27. The molecule has 1 heterocycles. The van der Waals surface area contributed by atoms with E-state index in [1.54, 1.807) is 25.5 Å². The highest BCUT2D eigenvalue weighted by atomic mass is 16.1. The lowest BCUT2D eigenvalue weighted by Gasteiger charge is -2.10. The fraction of sp³-hybridized carbons (Fsp3) is 0.0625. The summed E-state index contributed by atoms with van der Waals surface area (Å²) in [5.41, 5.74) is 3.62. The van der Waals surface area contributed by atoms with E-state index in [0.29, 0.717) is 11.3 Å². The molecule has 2 N–H and O–H groups in total. The van der Waals surface area contributed by atoms with Crippen molar-refractivity contribution in [2.24, 2.45) is 0 Å². The number of carbonyl (C=O) groups is 1. The van der Waals surface area contributed by atoms with Gasteiger partial charge in [-0.15, -0.1) is 0 Å². The van der Waals surface area contributed by atoms with Gasteiger partial charge < -0.3 is 10.6 Å². The maximum absolute atomic E-state index is 12.3. The van der Waals surface area contributed by atoms with Crippen LogP contribution in [0.15, 0.2) is 54.9 Å². The lowest BCUT2D eigenvalue weighted by molar-refractivity contribution is 0.102. The number of fused-ring (bicyclic) bond motifs is 1. The maximum atomic E-state index is 12.3. The SMILES string of the molecule is CNc1ccccc1C(=O)Nc1ccc2nccnc2c1. The van der Waals surface area contributed by atoms with Crippen molar-refractivity contribution in [2.45, 2.75) is 0 Å². The Hall–Kier alpha value is -2.95. The van der Waals surface area contributed by atoms with Crippen LogP contribution in [0.25, 0.3) is 11.0 Å². The van der Waals surface area contributed by atoms with Gasteiger partial charge in [0.2, 0.25) is 0 Å². The molecule has 5 heteroatoms. The van der Waals surface area contributed by atoms with E-state index in [0.717, 1.165) is 16.7 Å². The highest BCUT2D eigenvalue weighted by molar-refractivity contribution is 6.08. The number of rotatable bonds is 3. The molecule has 3 rings (SSSR count). The maximum Gasteiger partial charge on any atom is 0.257 e. The summed E-state index contributed by atoms with van der Waals surface area (Å²) < 4.78 is 0. The van der Waals surface area contributed by atoms with Gasteiger partial charge in [-0.25, -0.2) is 0 Å². The standard InChI is InChI=1S/C16H14N4O/c1-17-13-5-3-2-4-12(13)16(21)20-11-6-7-14-15(10-11)19-9-8-18-14/h2-10,17H,1H3,(H,20,21). The van der Waals surface area contributed by atoms with Crippen LogP contribution < -0.4 is 10.6 Å². The summed E-state index contributed by atoms with van der Waals surface area (Å²) in [4.78, 5) is 20.8. The summed E-state index contributed by atoms with van der Waals surface area (Å²) in [7, 11) is 1.79. The number of anilines is 2. The van der Waals surface area contributed by atoms with Crippen LogP contribution in [0.3, 0.4) is 0 Å². The van der Waals surface area contributed by atoms with E-state index < -0.39 is 0 Å². The van der Waals surface area contributed by atoms with E-state index >= 15 is 0 Å². The minimum atomic E-state index is -0.164. The number of hydrogen-bond acceptors (Lipinski definition) is 4. The number of aromatic nitrogens is 2. The summed E-state index contributed by atoms with van der Waals surface area (Å²) in [6.45, 7) is 0. The monoisotopic (exact) mass is 278 g/mol. The second kappa shape index (κ2) is 5.58. The van der Waals surface area contributed by atoms with Gasteiger partial charge in [0.15, 0.2) is 0 Å². The van der Waals surface area contributed by atoms with Crippen molar-refractivity contribution in [2.75, 3.05) is 17.7 Å². The second-order valence-corrected chi connectivity index (χ2v) is 4.51. The van der Waals surface area contributed by atoms with Crippen LogP contribution >= 0.6 is 0 Å². The molecule has 0 radical (unpaired) electrons. The second-order valence-electron chi connectivity index (χ2n) is 4.51. The first kappa shape index (κ1) is 13.1. The third-order valence-corrected chi connectivity index (χ3v) is 3.17. The van der Waals surface area contributed by atoms with Gasteiger partial charge in [0.05, 0.1) is 16.6 Å². The summed E-state index contributed by atoms with van der Waals surface area (Å²) in [5, 5.41) is 5.89. The number of benzene rings is 2. The van der Waals surface area contributed by atoms with Crippen molar-refractivity contribution in [3.05, 3.63) is 60.4 Å². The molecule has 0 aliphatic carbocycles. The number of nitrogens with one attached hydrogen (secondary N) is 2. The summed E-state index contributed by atoms with van der Waals surface area (Å²) >= 11 is 0. The average Bonchev–Trinajstić information content (AvgIpc) is 2.54. The summed E-state index contributed by atoms with van der Waals surface area (Å²) in [5.74, 6) is -0.164. The Morgan fingerprint density at radius 1 is 1.00 bits per heavy atom. The Kier molecular flexibility index (Phi) is 3.47. The van der Waals surface area contributed by atoms with Crippen LogP contribution in [0.2, 0.25) is 0 Å². The Balaban J connectivity index is 1.89. The zero-order chi connectivity index (χ0) is 14.7. The molecule has 1 aromatic heterocycles. The number of hydrogen-bond donors (Lipinski definition) is 2. The van der Waals surface area contributed by atoms with Crippen LogP contribution in [0.1, 0.15) is 10.4 Å². The molecule has 0 spiro atoms. The molecule has 0 bridgehead atoms. The van der Waals surface area contributed by atoms with Crippen molar-refractivity contribution < 1.29 is 4.79 Å². The Labute approximate surface area is 122 Å². The van der Waals surface area contributed by atoms with Crippen molar-refractivity contribution in [1.82, 2.24) is 9.97 Å². The topological polar surface area (TPSA) is 66.9 Å². The molecule has 104 valence electrons. The molecule has 5 nitrogen and oxygen atoms in total. The molecule has 0 saturated heterocycles. The average molecular weight is 278 g/mol. The minimum Gasteiger partial charge on any atom is -0.387 e. The zero-order valence-electron chi connectivity index (χ0n) is 11.5. The van der Waals surface area contributed by atoms with E-state index in [1.807, 2.05) is 36.4 Å². The van der Waals surface area contributed by atoms with Gasteiger partial charge in [-0.1, -0.05) is 12.1 Å². The van der Waals surface area contributed by atoms with Crippen molar-refractivity contribution in [3.8, 4) is 0 Å². The molecule has 0 atom stereocenters. The van der Waals surface area contributed by atoms with Gasteiger partial charge in [-0.2, -0.15) is 0 Å². The number of amides is 1. The first-order valence-corrected chi connectivity index (χ1v) is 6.57. The molecule has 0 aliphatic heterocycles. The predicted octanol–water partition coefficient (Wildman–Crippen LogP) is 2.92. The molecule has 0 fully saturated rings. The third kappa shape index (κ3) is 2.67. The molecule has 1 amide bonds. The molecule has 0 aliphatic rings. The van der Waals surface area contributed by atoms with Crippen LogP contribution in [0, 0.1) is 0 Å². The van der Waals surface area contributed by atoms with Gasteiger partial charge in [-0.05, 0) is 30.3 Å². The number of carbonyl (C=O) groups excluding carboxylic acids is 1. The quantitative estimate of drug-likeness (QED) is 0.773. The third-order valence-electron chi connectivity index (χ3n) is 3.17. The predicted molar refractivity (Wildman–Crippen MR) is 83.5 cm³/mol. The Morgan fingerprint density at radius 2 is 1.76 bits per heavy atom. The van der Waals surface area contributed by atoms with E-state index in [9.17, 15) is 4.79 Å². The highest BCUT2D eigenvalue weighted by Crippen LogP contribution is 2.19. The fourth-order valence-electron chi connectivity index (χ4n) is 2.14. The molecule has 21 heavy (non-hydrogen) atoms. The molecular formula is C16H14N4O. The van der Waals surface area contributed by atoms with Crippen LogP contribution in [-0.2, 0) is 0 Å². The molecule has 2 aromatic carbocycles. The van der Waals surface area contributed by atoms with Gasteiger partial charge in [0.25, 0.3) is 5.91 Å². The largest absolute Gasteiger partial charge is 0.387 e. The molecule has 3 aromatic rings. The van der Waals surface area contributed by atoms with Gasteiger partial charge in [0, 0.05) is 30.8 Å². The Bertz CT molecular complexity index is 801. The minimum absolute atomic E-state index is 0.164. The highest BCUT2D eigenvalue weighted by Gasteiger charge is 2.10. The molecule has 0 saturated carbocycles. The van der Waals surface area contributed by atoms with Crippen molar-refractivity contribution >= 4 is 28.3 Å². The van der Waals surface area contributed by atoms with Crippen LogP contribution in [0.5, 0.6) is 0 Å². The number of para-hydroxylation sites is 1. The normalized spacial score (nSPS) is 10.3. The van der Waals surface area contributed by atoms with E-state index in [4.69, 9.17) is 0 Å². The number of nitrogens with zero attached hydrogens (tertiary/aromatic N) is 2. The molecular weight excluding hydrogens is 264 g/mol.